The number of fused-ring (bicyclic) bond motifs is 3. The Morgan fingerprint density at radius 3 is 2.57 bits per heavy atom. The van der Waals surface area contributed by atoms with Crippen LogP contribution in [0.2, 0.25) is 0 Å². The van der Waals surface area contributed by atoms with Gasteiger partial charge in [-0.2, -0.15) is 0 Å². The molecule has 146 valence electrons. The average molecular weight is 401 g/mol. The quantitative estimate of drug-likeness (QED) is 0.424. The molecule has 0 unspecified atom stereocenters. The Kier molecular flexibility index (Phi) is 3.87. The molecule has 8 heteroatoms. The van der Waals surface area contributed by atoms with Crippen molar-refractivity contribution in [3.05, 3.63) is 34.9 Å². The molecule has 0 spiro atoms. The first-order valence-electron chi connectivity index (χ1n) is 9.23. The van der Waals surface area contributed by atoms with Crippen molar-refractivity contribution < 1.29 is 28.5 Å². The molecule has 0 N–H and O–H groups in total. The van der Waals surface area contributed by atoms with Gasteiger partial charge in [0.25, 0.3) is 0 Å². The standard InChI is InChI=1S/C20H19NO6S/c1-9(22)26-16-5-11-3-4-21-18(11)17(19(16)27-10(2)23)12-6-14-15(25-8-24-14)7-13(12)20(21)28/h5-7,16-19H,3-4,8H2,1-2H3/t16-,17-,18+,19+/m0/s1. The summed E-state index contributed by atoms with van der Waals surface area (Å²) in [5.74, 6) is 0.260. The van der Waals surface area contributed by atoms with Gasteiger partial charge in [0, 0.05) is 26.0 Å². The molecule has 4 atom stereocenters. The summed E-state index contributed by atoms with van der Waals surface area (Å²) in [5, 5.41) is 0. The Morgan fingerprint density at radius 2 is 1.86 bits per heavy atom. The van der Waals surface area contributed by atoms with Crippen molar-refractivity contribution in [1.82, 2.24) is 4.90 Å². The Hall–Kier alpha value is -2.61. The van der Waals surface area contributed by atoms with Crippen molar-refractivity contribution in [2.24, 2.45) is 0 Å². The van der Waals surface area contributed by atoms with Crippen molar-refractivity contribution >= 4 is 29.1 Å². The summed E-state index contributed by atoms with van der Waals surface area (Å²) in [6.07, 6.45) is 1.48. The molecule has 3 aliphatic heterocycles. The highest BCUT2D eigenvalue weighted by atomic mass is 32.1. The van der Waals surface area contributed by atoms with E-state index in [1.807, 2.05) is 18.2 Å². The summed E-state index contributed by atoms with van der Waals surface area (Å²) in [4.78, 5) is 26.5. The molecule has 0 amide bonds. The SMILES string of the molecule is CC(=O)O[C@H]1[C@H]2c3cc4c(cc3C(=S)N3CCC(=C[C@@H]1OC(C)=O)[C@H]23)OCO4. The summed E-state index contributed by atoms with van der Waals surface area (Å²) in [6, 6.07) is 3.81. The first kappa shape index (κ1) is 17.5. The first-order valence-corrected chi connectivity index (χ1v) is 9.64. The van der Waals surface area contributed by atoms with Crippen LogP contribution in [0.15, 0.2) is 23.8 Å². The molecule has 0 radical (unpaired) electrons. The molecule has 1 aromatic carbocycles. The van der Waals surface area contributed by atoms with E-state index in [-0.39, 0.29) is 18.8 Å². The zero-order chi connectivity index (χ0) is 19.6. The average Bonchev–Trinajstić information content (AvgIpc) is 3.25. The van der Waals surface area contributed by atoms with Crippen LogP contribution >= 0.6 is 12.2 Å². The molecule has 1 fully saturated rings. The van der Waals surface area contributed by atoms with Crippen LogP contribution in [0, 0.1) is 0 Å². The Labute approximate surface area is 167 Å². The normalized spacial score (nSPS) is 29.0. The number of nitrogens with zero attached hydrogens (tertiary/aromatic N) is 1. The number of carbonyl (C=O) groups is 2. The fraction of sp³-hybridized carbons (Fsp3) is 0.450. The maximum absolute atomic E-state index is 11.9. The molecule has 3 heterocycles. The molecule has 4 aliphatic rings. The summed E-state index contributed by atoms with van der Waals surface area (Å²) in [5.41, 5.74) is 2.97. The topological polar surface area (TPSA) is 74.3 Å². The minimum Gasteiger partial charge on any atom is -0.457 e. The first-order chi connectivity index (χ1) is 13.4. The van der Waals surface area contributed by atoms with Crippen molar-refractivity contribution in [3.63, 3.8) is 0 Å². The van der Waals surface area contributed by atoms with E-state index in [9.17, 15) is 9.59 Å². The van der Waals surface area contributed by atoms with Crippen molar-refractivity contribution in [3.8, 4) is 11.5 Å². The van der Waals surface area contributed by atoms with Gasteiger partial charge in [-0.3, -0.25) is 9.59 Å². The van der Waals surface area contributed by atoms with E-state index in [0.29, 0.717) is 11.5 Å². The molecule has 1 aliphatic carbocycles. The minimum atomic E-state index is -0.641. The highest BCUT2D eigenvalue weighted by Gasteiger charge is 2.53. The lowest BCUT2D eigenvalue weighted by molar-refractivity contribution is -0.165. The maximum Gasteiger partial charge on any atom is 0.303 e. The van der Waals surface area contributed by atoms with Crippen molar-refractivity contribution in [2.45, 2.75) is 44.4 Å². The van der Waals surface area contributed by atoms with E-state index >= 15 is 0 Å². The zero-order valence-corrected chi connectivity index (χ0v) is 16.3. The monoisotopic (exact) mass is 401 g/mol. The molecular weight excluding hydrogens is 382 g/mol. The lowest BCUT2D eigenvalue weighted by Gasteiger charge is -2.46. The number of ether oxygens (including phenoxy) is 4. The zero-order valence-electron chi connectivity index (χ0n) is 15.5. The predicted molar refractivity (Wildman–Crippen MR) is 101 cm³/mol. The highest BCUT2D eigenvalue weighted by molar-refractivity contribution is 7.80. The number of hydrogen-bond acceptors (Lipinski definition) is 7. The van der Waals surface area contributed by atoms with Crippen LogP contribution < -0.4 is 9.47 Å². The number of benzene rings is 1. The van der Waals surface area contributed by atoms with Gasteiger partial charge in [-0.1, -0.05) is 12.2 Å². The van der Waals surface area contributed by atoms with Gasteiger partial charge in [0.1, 0.15) is 4.99 Å². The van der Waals surface area contributed by atoms with Gasteiger partial charge in [-0.25, -0.2) is 0 Å². The predicted octanol–water partition coefficient (Wildman–Crippen LogP) is 2.07. The van der Waals surface area contributed by atoms with E-state index in [2.05, 4.69) is 4.90 Å². The van der Waals surface area contributed by atoms with E-state index < -0.39 is 24.1 Å². The third kappa shape index (κ3) is 2.51. The van der Waals surface area contributed by atoms with Crippen LogP contribution in [-0.2, 0) is 19.1 Å². The highest BCUT2D eigenvalue weighted by Crippen LogP contribution is 2.51. The van der Waals surface area contributed by atoms with E-state index in [0.717, 1.165) is 34.7 Å². The summed E-state index contributed by atoms with van der Waals surface area (Å²) < 4.78 is 22.3. The van der Waals surface area contributed by atoms with E-state index in [1.54, 1.807) is 0 Å². The fourth-order valence-electron chi connectivity index (χ4n) is 4.81. The van der Waals surface area contributed by atoms with Crippen molar-refractivity contribution in [1.29, 1.82) is 0 Å². The maximum atomic E-state index is 11.9. The number of thiocarbonyl (C=S) groups is 1. The summed E-state index contributed by atoms with van der Waals surface area (Å²) in [7, 11) is 0. The third-order valence-corrected chi connectivity index (χ3v) is 6.21. The third-order valence-electron chi connectivity index (χ3n) is 5.75. The second kappa shape index (κ2) is 6.20. The minimum absolute atomic E-state index is 0.0171. The second-order valence-electron chi connectivity index (χ2n) is 7.40. The van der Waals surface area contributed by atoms with E-state index in [1.165, 1.54) is 13.8 Å². The van der Waals surface area contributed by atoms with Gasteiger partial charge in [-0.05, 0) is 35.8 Å². The summed E-state index contributed by atoms with van der Waals surface area (Å²) >= 11 is 5.78. The number of rotatable bonds is 2. The molecule has 0 aromatic heterocycles. The van der Waals surface area contributed by atoms with Gasteiger partial charge < -0.3 is 23.8 Å². The Morgan fingerprint density at radius 1 is 1.14 bits per heavy atom. The van der Waals surface area contributed by atoms with Crippen LogP contribution in [0.3, 0.4) is 0 Å². The fourth-order valence-corrected chi connectivity index (χ4v) is 5.19. The van der Waals surface area contributed by atoms with Gasteiger partial charge >= 0.3 is 11.9 Å². The lowest BCUT2D eigenvalue weighted by atomic mass is 9.73. The molecule has 1 saturated heterocycles. The molecule has 0 saturated carbocycles. The lowest BCUT2D eigenvalue weighted by Crippen LogP contribution is -2.54. The number of esters is 2. The molecular formula is C20H19NO6S. The van der Waals surface area contributed by atoms with Gasteiger partial charge in [0.2, 0.25) is 6.79 Å². The Bertz CT molecular complexity index is 941. The van der Waals surface area contributed by atoms with Crippen LogP contribution in [0.4, 0.5) is 0 Å². The second-order valence-corrected chi connectivity index (χ2v) is 7.79. The van der Waals surface area contributed by atoms with Crippen LogP contribution in [-0.4, -0.2) is 53.4 Å². The van der Waals surface area contributed by atoms with Crippen LogP contribution in [0.5, 0.6) is 11.5 Å². The van der Waals surface area contributed by atoms with Gasteiger partial charge in [0.05, 0.1) is 12.0 Å². The van der Waals surface area contributed by atoms with E-state index in [4.69, 9.17) is 31.2 Å². The van der Waals surface area contributed by atoms with Crippen LogP contribution in [0.1, 0.15) is 37.3 Å². The largest absolute Gasteiger partial charge is 0.457 e. The molecule has 0 bridgehead atoms. The Balaban J connectivity index is 1.69. The van der Waals surface area contributed by atoms with Gasteiger partial charge in [-0.15, -0.1) is 0 Å². The molecule has 1 aromatic rings. The summed E-state index contributed by atoms with van der Waals surface area (Å²) in [6.45, 7) is 3.67. The van der Waals surface area contributed by atoms with Gasteiger partial charge in [0.15, 0.2) is 23.7 Å². The van der Waals surface area contributed by atoms with Crippen LogP contribution in [0.25, 0.3) is 0 Å². The number of carbonyl (C=O) groups excluding carboxylic acids is 2. The molecule has 7 nitrogen and oxygen atoms in total. The molecule has 28 heavy (non-hydrogen) atoms. The number of hydrogen-bond donors (Lipinski definition) is 0. The molecule has 5 rings (SSSR count). The smallest absolute Gasteiger partial charge is 0.303 e. The van der Waals surface area contributed by atoms with Crippen molar-refractivity contribution in [2.75, 3.05) is 13.3 Å².